The molecule has 2 rings (SSSR count). The van der Waals surface area contributed by atoms with Gasteiger partial charge in [-0.2, -0.15) is 0 Å². The molecule has 0 bridgehead atoms. The average Bonchev–Trinajstić information content (AvgIpc) is 2.48. The second-order valence-electron chi connectivity index (χ2n) is 5.46. The highest BCUT2D eigenvalue weighted by molar-refractivity contribution is 5.84. The maximum absolute atomic E-state index is 12.4. The van der Waals surface area contributed by atoms with E-state index in [1.165, 1.54) is 0 Å². The molecular weight excluding hydrogens is 254 g/mol. The molecule has 5 nitrogen and oxygen atoms in total. The van der Waals surface area contributed by atoms with Crippen LogP contribution in [0.1, 0.15) is 26.7 Å². The van der Waals surface area contributed by atoms with Crippen LogP contribution in [-0.4, -0.2) is 42.0 Å². The van der Waals surface area contributed by atoms with Gasteiger partial charge in [-0.05, 0) is 31.7 Å². The minimum absolute atomic E-state index is 0.160. The Morgan fingerprint density at radius 3 is 2.70 bits per heavy atom. The Labute approximate surface area is 120 Å². The molecule has 1 aliphatic heterocycles. The largest absolute Gasteiger partial charge is 0.481 e. The molecule has 1 amide bonds. The minimum atomic E-state index is -0.237. The highest BCUT2D eigenvalue weighted by atomic mass is 16.5. The predicted molar refractivity (Wildman–Crippen MR) is 78.9 cm³/mol. The summed E-state index contributed by atoms with van der Waals surface area (Å²) in [5, 5.41) is 3.19. The lowest BCUT2D eigenvalue weighted by Gasteiger charge is -2.32. The number of carbonyl (C=O) groups is 1. The number of pyridine rings is 1. The molecule has 0 radical (unpaired) electrons. The molecule has 0 aromatic carbocycles. The topological polar surface area (TPSA) is 54.5 Å². The number of aromatic nitrogens is 1. The fraction of sp³-hybridized carbons (Fsp3) is 0.600. The highest BCUT2D eigenvalue weighted by Gasteiger charge is 2.24. The maximum Gasteiger partial charge on any atom is 0.244 e. The smallest absolute Gasteiger partial charge is 0.244 e. The van der Waals surface area contributed by atoms with Gasteiger partial charge in [0.05, 0.1) is 19.0 Å². The molecule has 5 heteroatoms. The summed E-state index contributed by atoms with van der Waals surface area (Å²) in [4.78, 5) is 18.4. The normalized spacial score (nSPS) is 17.6. The van der Waals surface area contributed by atoms with Crippen molar-refractivity contribution in [2.75, 3.05) is 25.5 Å². The van der Waals surface area contributed by atoms with E-state index in [0.717, 1.165) is 37.5 Å². The molecule has 20 heavy (non-hydrogen) atoms. The quantitative estimate of drug-likeness (QED) is 0.916. The zero-order valence-corrected chi connectivity index (χ0v) is 12.4. The molecule has 0 aliphatic carbocycles. The summed E-state index contributed by atoms with van der Waals surface area (Å²) in [7, 11) is 1.58. The van der Waals surface area contributed by atoms with Crippen molar-refractivity contribution in [3.8, 4) is 5.88 Å². The number of methoxy groups -OCH3 is 1. The average molecular weight is 277 g/mol. The second kappa shape index (κ2) is 6.59. The van der Waals surface area contributed by atoms with Crippen LogP contribution in [0.2, 0.25) is 0 Å². The fourth-order valence-corrected chi connectivity index (χ4v) is 2.40. The summed E-state index contributed by atoms with van der Waals surface area (Å²) in [6.07, 6.45) is 3.88. The van der Waals surface area contributed by atoms with Crippen molar-refractivity contribution in [3.63, 3.8) is 0 Å². The third-order valence-corrected chi connectivity index (χ3v) is 3.79. The number of anilines is 1. The van der Waals surface area contributed by atoms with Gasteiger partial charge in [0.15, 0.2) is 0 Å². The van der Waals surface area contributed by atoms with Gasteiger partial charge in [0.1, 0.15) is 6.04 Å². The molecular formula is C15H23N3O2. The van der Waals surface area contributed by atoms with Crippen LogP contribution < -0.4 is 10.1 Å². The molecule has 0 spiro atoms. The summed E-state index contributed by atoms with van der Waals surface area (Å²) < 4.78 is 5.01. The van der Waals surface area contributed by atoms with E-state index in [1.54, 1.807) is 19.4 Å². The highest BCUT2D eigenvalue weighted by Crippen LogP contribution is 2.18. The minimum Gasteiger partial charge on any atom is -0.481 e. The Balaban J connectivity index is 1.89. The fourth-order valence-electron chi connectivity index (χ4n) is 2.40. The number of likely N-dealkylation sites (tertiary alicyclic amines) is 1. The molecule has 1 fully saturated rings. The Morgan fingerprint density at radius 1 is 1.45 bits per heavy atom. The molecule has 1 aromatic heterocycles. The second-order valence-corrected chi connectivity index (χ2v) is 5.46. The molecule has 2 heterocycles. The van der Waals surface area contributed by atoms with Gasteiger partial charge in [-0.1, -0.05) is 6.92 Å². The van der Waals surface area contributed by atoms with E-state index in [0.29, 0.717) is 5.88 Å². The predicted octanol–water partition coefficient (Wildman–Crippen LogP) is 2.15. The SMILES string of the molecule is COc1ccc(NC(C)C(=O)N2CCC(C)CC2)cn1. The van der Waals surface area contributed by atoms with E-state index in [9.17, 15) is 4.79 Å². The molecule has 1 N–H and O–H groups in total. The first kappa shape index (κ1) is 14.6. The molecule has 1 atom stereocenters. The zero-order chi connectivity index (χ0) is 14.5. The maximum atomic E-state index is 12.4. The van der Waals surface area contributed by atoms with Gasteiger partial charge < -0.3 is 15.0 Å². The van der Waals surface area contributed by atoms with Crippen LogP contribution in [0.25, 0.3) is 0 Å². The van der Waals surface area contributed by atoms with Gasteiger partial charge in [-0.25, -0.2) is 4.98 Å². The van der Waals surface area contributed by atoms with Gasteiger partial charge in [0, 0.05) is 19.2 Å². The molecule has 1 aliphatic rings. The van der Waals surface area contributed by atoms with Crippen molar-refractivity contribution in [1.29, 1.82) is 0 Å². The summed E-state index contributed by atoms with van der Waals surface area (Å²) in [6.45, 7) is 5.87. The van der Waals surface area contributed by atoms with E-state index >= 15 is 0 Å². The number of ether oxygens (including phenoxy) is 1. The number of rotatable bonds is 4. The Morgan fingerprint density at radius 2 is 2.15 bits per heavy atom. The molecule has 1 aromatic rings. The van der Waals surface area contributed by atoms with Crippen LogP contribution in [0, 0.1) is 5.92 Å². The Hall–Kier alpha value is -1.78. The molecule has 1 saturated heterocycles. The van der Waals surface area contributed by atoms with Gasteiger partial charge in [-0.15, -0.1) is 0 Å². The summed E-state index contributed by atoms with van der Waals surface area (Å²) in [6, 6.07) is 3.41. The molecule has 0 saturated carbocycles. The number of nitrogens with zero attached hydrogens (tertiary/aromatic N) is 2. The number of hydrogen-bond donors (Lipinski definition) is 1. The van der Waals surface area contributed by atoms with E-state index in [-0.39, 0.29) is 11.9 Å². The third-order valence-electron chi connectivity index (χ3n) is 3.79. The number of amides is 1. The molecule has 110 valence electrons. The number of carbonyl (C=O) groups excluding carboxylic acids is 1. The first-order valence-corrected chi connectivity index (χ1v) is 7.15. The van der Waals surface area contributed by atoms with Crippen molar-refractivity contribution < 1.29 is 9.53 Å². The summed E-state index contributed by atoms with van der Waals surface area (Å²) in [5.41, 5.74) is 0.831. The van der Waals surface area contributed by atoms with Gasteiger partial charge >= 0.3 is 0 Å². The number of hydrogen-bond acceptors (Lipinski definition) is 4. The van der Waals surface area contributed by atoms with E-state index in [2.05, 4.69) is 17.2 Å². The first-order valence-electron chi connectivity index (χ1n) is 7.15. The number of nitrogens with one attached hydrogen (secondary N) is 1. The lowest BCUT2D eigenvalue weighted by atomic mass is 9.99. The van der Waals surface area contributed by atoms with Crippen LogP contribution >= 0.6 is 0 Å². The Bertz CT molecular complexity index is 439. The Kier molecular flexibility index (Phi) is 4.82. The van der Waals surface area contributed by atoms with Crippen LogP contribution in [0.15, 0.2) is 18.3 Å². The van der Waals surface area contributed by atoms with Crippen LogP contribution in [0.5, 0.6) is 5.88 Å². The molecule has 1 unspecified atom stereocenters. The lowest BCUT2D eigenvalue weighted by molar-refractivity contribution is -0.132. The number of piperidine rings is 1. The van der Waals surface area contributed by atoms with Crippen molar-refractivity contribution in [2.24, 2.45) is 5.92 Å². The van der Waals surface area contributed by atoms with E-state index < -0.39 is 0 Å². The van der Waals surface area contributed by atoms with Gasteiger partial charge in [-0.3, -0.25) is 4.79 Å². The van der Waals surface area contributed by atoms with Gasteiger partial charge in [0.25, 0.3) is 0 Å². The van der Waals surface area contributed by atoms with Crippen LogP contribution in [0.3, 0.4) is 0 Å². The third kappa shape index (κ3) is 3.62. The van der Waals surface area contributed by atoms with Crippen molar-refractivity contribution in [3.05, 3.63) is 18.3 Å². The van der Waals surface area contributed by atoms with Crippen LogP contribution in [-0.2, 0) is 4.79 Å². The van der Waals surface area contributed by atoms with Crippen molar-refractivity contribution >= 4 is 11.6 Å². The van der Waals surface area contributed by atoms with Gasteiger partial charge in [0.2, 0.25) is 11.8 Å². The standard InChI is InChI=1S/C15H23N3O2/c1-11-6-8-18(9-7-11)15(19)12(2)17-13-4-5-14(20-3)16-10-13/h4-5,10-12,17H,6-9H2,1-3H3. The first-order chi connectivity index (χ1) is 9.60. The van der Waals surface area contributed by atoms with E-state index in [4.69, 9.17) is 4.74 Å². The summed E-state index contributed by atoms with van der Waals surface area (Å²) in [5.74, 6) is 1.46. The summed E-state index contributed by atoms with van der Waals surface area (Å²) >= 11 is 0. The van der Waals surface area contributed by atoms with Crippen LogP contribution in [0.4, 0.5) is 5.69 Å². The van der Waals surface area contributed by atoms with E-state index in [1.807, 2.05) is 17.9 Å². The zero-order valence-electron chi connectivity index (χ0n) is 12.4. The lowest BCUT2D eigenvalue weighted by Crippen LogP contribution is -2.45. The van der Waals surface area contributed by atoms with Crippen molar-refractivity contribution in [2.45, 2.75) is 32.7 Å². The monoisotopic (exact) mass is 277 g/mol. The van der Waals surface area contributed by atoms with Crippen molar-refractivity contribution in [1.82, 2.24) is 9.88 Å².